The van der Waals surface area contributed by atoms with Crippen LogP contribution in [0.25, 0.3) is 0 Å². The smallest absolute Gasteiger partial charge is 0.330 e. The van der Waals surface area contributed by atoms with Gasteiger partial charge in [-0.1, -0.05) is 45.8 Å². The van der Waals surface area contributed by atoms with Crippen molar-refractivity contribution in [1.82, 2.24) is 25.2 Å². The minimum Gasteiger partial charge on any atom is -0.479 e. The Kier molecular flexibility index (Phi) is 10.5. The second kappa shape index (κ2) is 13.1. The molecule has 3 aliphatic rings. The molecule has 13 heteroatoms. The fraction of sp³-hybridized carbons (Fsp3) is 0.786. The van der Waals surface area contributed by atoms with Gasteiger partial charge < -0.3 is 26.0 Å². The fourth-order valence-electron chi connectivity index (χ4n) is 5.56. The first-order valence-corrected chi connectivity index (χ1v) is 16.3. The molecule has 2 unspecified atom stereocenters. The molecule has 0 bridgehead atoms. The van der Waals surface area contributed by atoms with Crippen LogP contribution in [0.3, 0.4) is 0 Å². The predicted molar refractivity (Wildman–Crippen MR) is 154 cm³/mol. The van der Waals surface area contributed by atoms with E-state index in [1.807, 2.05) is 32.9 Å². The molecular formula is C28H47N5O7S. The summed E-state index contributed by atoms with van der Waals surface area (Å²) in [7, 11) is -1.98. The fourth-order valence-corrected chi connectivity index (χ4v) is 6.38. The lowest BCUT2D eigenvalue weighted by Crippen LogP contribution is -2.59. The molecule has 232 valence electrons. The highest BCUT2D eigenvalue weighted by molar-refractivity contribution is 7.89. The second-order valence-corrected chi connectivity index (χ2v) is 15.0. The molecule has 3 rings (SSSR count). The topological polar surface area (TPSA) is 165 Å². The predicted octanol–water partition coefficient (Wildman–Crippen LogP) is 1.82. The van der Waals surface area contributed by atoms with Crippen molar-refractivity contribution < 1.29 is 32.7 Å². The van der Waals surface area contributed by atoms with E-state index in [1.165, 1.54) is 16.3 Å². The molecule has 0 aromatic heterocycles. The zero-order chi connectivity index (χ0) is 30.6. The number of carbonyl (C=O) groups is 4. The summed E-state index contributed by atoms with van der Waals surface area (Å²) in [6.45, 7) is 7.66. The van der Waals surface area contributed by atoms with Gasteiger partial charge in [0.2, 0.25) is 21.8 Å². The number of fused-ring (bicyclic) bond motifs is 2. The lowest BCUT2D eigenvalue weighted by molar-refractivity contribution is -0.145. The largest absolute Gasteiger partial charge is 0.479 e. The number of aliphatic carboxylic acids is 1. The number of carboxylic acids is 1. The average molecular weight is 598 g/mol. The molecule has 2 aliphatic heterocycles. The molecule has 1 saturated carbocycles. The van der Waals surface area contributed by atoms with Crippen molar-refractivity contribution in [1.29, 1.82) is 0 Å². The molecule has 4 amide bonds. The van der Waals surface area contributed by atoms with Crippen LogP contribution in [0.4, 0.5) is 4.79 Å². The zero-order valence-corrected chi connectivity index (χ0v) is 25.8. The first-order chi connectivity index (χ1) is 19.1. The highest BCUT2D eigenvalue weighted by atomic mass is 32.2. The number of amides is 4. The Hall–Kier alpha value is -2.67. The summed E-state index contributed by atoms with van der Waals surface area (Å²) in [6.07, 6.45) is 8.63. The highest BCUT2D eigenvalue weighted by Gasteiger charge is 2.61. The maximum Gasteiger partial charge on any atom is 0.330 e. The van der Waals surface area contributed by atoms with Gasteiger partial charge in [-0.3, -0.25) is 9.59 Å². The summed E-state index contributed by atoms with van der Waals surface area (Å²) in [5, 5.41) is 18.3. The molecule has 41 heavy (non-hydrogen) atoms. The summed E-state index contributed by atoms with van der Waals surface area (Å²) in [6, 6.07) is -2.82. The Morgan fingerprint density at radius 3 is 2.54 bits per heavy atom. The number of carbonyl (C=O) groups excluding carboxylic acids is 3. The third-order valence-corrected chi connectivity index (χ3v) is 10.4. The number of carboxylic acid groups (broad SMARTS) is 1. The molecule has 12 nitrogen and oxygen atoms in total. The van der Waals surface area contributed by atoms with Gasteiger partial charge in [-0.05, 0) is 50.9 Å². The van der Waals surface area contributed by atoms with Crippen molar-refractivity contribution >= 4 is 33.8 Å². The number of likely N-dealkylation sites (N-methyl/N-ethyl adjacent to an activating group) is 1. The van der Waals surface area contributed by atoms with Gasteiger partial charge in [-0.25, -0.2) is 22.3 Å². The van der Waals surface area contributed by atoms with Crippen LogP contribution < -0.4 is 16.0 Å². The number of allylic oxidation sites excluding steroid dienone is 1. The Bertz CT molecular complexity index is 1140. The van der Waals surface area contributed by atoms with Gasteiger partial charge in [0.25, 0.3) is 0 Å². The SMILES string of the molecule is CCS(=O)(=O)N(C)CC(NC(=O)N[C@H]1CCCCC/C=C\C2C[C@@]2(C(=O)O)NC(=O)[C@@H]2CCCN2C1=O)C(C)(C)C. The summed E-state index contributed by atoms with van der Waals surface area (Å²) in [5.74, 6) is -2.28. The first kappa shape index (κ1) is 32.8. The molecule has 4 N–H and O–H groups in total. The Morgan fingerprint density at radius 2 is 1.90 bits per heavy atom. The third-order valence-electron chi connectivity index (χ3n) is 8.55. The second-order valence-electron chi connectivity index (χ2n) is 12.6. The van der Waals surface area contributed by atoms with Crippen molar-refractivity contribution in [2.24, 2.45) is 11.3 Å². The number of urea groups is 1. The van der Waals surface area contributed by atoms with Gasteiger partial charge in [0, 0.05) is 32.1 Å². The highest BCUT2D eigenvalue weighted by Crippen LogP contribution is 2.45. The van der Waals surface area contributed by atoms with Crippen LogP contribution in [-0.4, -0.2) is 96.1 Å². The van der Waals surface area contributed by atoms with Crippen molar-refractivity contribution in [3.63, 3.8) is 0 Å². The van der Waals surface area contributed by atoms with Gasteiger partial charge in [0.05, 0.1) is 5.75 Å². The summed E-state index contributed by atoms with van der Waals surface area (Å²) in [4.78, 5) is 53.8. The van der Waals surface area contributed by atoms with E-state index in [2.05, 4.69) is 16.0 Å². The van der Waals surface area contributed by atoms with Gasteiger partial charge in [0.1, 0.15) is 17.6 Å². The normalized spacial score (nSPS) is 29.3. The maximum absolute atomic E-state index is 13.8. The van der Waals surface area contributed by atoms with Crippen LogP contribution in [0.2, 0.25) is 0 Å². The number of hydrogen-bond donors (Lipinski definition) is 4. The quantitative estimate of drug-likeness (QED) is 0.325. The monoisotopic (exact) mass is 597 g/mol. The van der Waals surface area contributed by atoms with Crippen molar-refractivity contribution in [2.75, 3.05) is 25.9 Å². The Labute approximate surface area is 243 Å². The van der Waals surface area contributed by atoms with Gasteiger partial charge >= 0.3 is 12.0 Å². The number of hydrogen-bond acceptors (Lipinski definition) is 6. The van der Waals surface area contributed by atoms with E-state index in [0.717, 1.165) is 19.3 Å². The minimum absolute atomic E-state index is 0.0578. The molecule has 1 saturated heterocycles. The van der Waals surface area contributed by atoms with Crippen LogP contribution in [-0.2, 0) is 24.4 Å². The summed E-state index contributed by atoms with van der Waals surface area (Å²) >= 11 is 0. The lowest BCUT2D eigenvalue weighted by atomic mass is 9.87. The molecular weight excluding hydrogens is 550 g/mol. The van der Waals surface area contributed by atoms with Crippen LogP contribution in [0.5, 0.6) is 0 Å². The van der Waals surface area contributed by atoms with E-state index >= 15 is 0 Å². The molecule has 0 aromatic rings. The Balaban J connectivity index is 1.78. The van der Waals surface area contributed by atoms with Gasteiger partial charge in [-0.2, -0.15) is 0 Å². The molecule has 0 radical (unpaired) electrons. The number of nitrogens with one attached hydrogen (secondary N) is 3. The van der Waals surface area contributed by atoms with Gasteiger partial charge in [-0.15, -0.1) is 0 Å². The van der Waals surface area contributed by atoms with Crippen LogP contribution in [0.1, 0.15) is 79.1 Å². The van der Waals surface area contributed by atoms with Crippen LogP contribution in [0, 0.1) is 11.3 Å². The van der Waals surface area contributed by atoms with E-state index in [0.29, 0.717) is 38.6 Å². The van der Waals surface area contributed by atoms with E-state index in [-0.39, 0.29) is 24.1 Å². The standard InChI is InChI=1S/C28H47N5O7S/c1-6-41(39,40)32(5)18-22(27(2,3)4)30-26(38)29-20-14-11-9-7-8-10-13-19-17-28(19,25(36)37)31-23(34)21-15-12-16-33(21)24(20)35/h10,13,19-22H,6-9,11-12,14-18H2,1-5H3,(H,31,34)(H,36,37)(H2,29,30,38)/b13-10-/t19?,20-,21-,22?,28+/m0/s1. The van der Waals surface area contributed by atoms with E-state index in [9.17, 15) is 32.7 Å². The van der Waals surface area contributed by atoms with Crippen molar-refractivity contribution in [3.05, 3.63) is 12.2 Å². The first-order valence-electron chi connectivity index (χ1n) is 14.7. The number of rotatable bonds is 7. The Morgan fingerprint density at radius 1 is 1.20 bits per heavy atom. The number of nitrogens with zero attached hydrogens (tertiary/aromatic N) is 2. The summed E-state index contributed by atoms with van der Waals surface area (Å²) < 4.78 is 25.9. The molecule has 0 aromatic carbocycles. The van der Waals surface area contributed by atoms with Crippen LogP contribution >= 0.6 is 0 Å². The van der Waals surface area contributed by atoms with Gasteiger partial charge in [0.15, 0.2) is 0 Å². The van der Waals surface area contributed by atoms with Crippen molar-refractivity contribution in [2.45, 2.75) is 103 Å². The van der Waals surface area contributed by atoms with E-state index in [1.54, 1.807) is 6.92 Å². The number of sulfonamides is 1. The molecule has 1 aliphatic carbocycles. The van der Waals surface area contributed by atoms with E-state index < -0.39 is 57.0 Å². The third kappa shape index (κ3) is 8.00. The average Bonchev–Trinajstić information content (AvgIpc) is 3.36. The molecule has 5 atom stereocenters. The maximum atomic E-state index is 13.8. The molecule has 0 spiro atoms. The zero-order valence-electron chi connectivity index (χ0n) is 24.9. The lowest BCUT2D eigenvalue weighted by Gasteiger charge is -2.35. The van der Waals surface area contributed by atoms with Crippen molar-refractivity contribution in [3.8, 4) is 0 Å². The molecule has 2 fully saturated rings. The summed E-state index contributed by atoms with van der Waals surface area (Å²) in [5.41, 5.74) is -1.82. The van der Waals surface area contributed by atoms with E-state index in [4.69, 9.17) is 0 Å². The van der Waals surface area contributed by atoms with Crippen LogP contribution in [0.15, 0.2) is 12.2 Å². The minimum atomic E-state index is -3.46. The molecule has 2 heterocycles.